The minimum absolute atomic E-state index is 0.0293. The standard InChI is InChI=1S/C18H16F5N5O2/c19-11-3-4-26(9-11)16(29)14-6-24-7-15-25-27(17(30)28(14)15)8-10-1-2-13(20)12(5-10)18(21,22)23/h1-2,5,9,14,24H,3-4,6-8H2. The molecule has 2 aliphatic heterocycles. The number of nitrogens with one attached hydrogen (secondary N) is 1. The summed E-state index contributed by atoms with van der Waals surface area (Å²) in [4.78, 5) is 26.8. The van der Waals surface area contributed by atoms with Crippen LogP contribution in [-0.4, -0.2) is 38.2 Å². The van der Waals surface area contributed by atoms with Gasteiger partial charge in [-0.05, 0) is 17.7 Å². The van der Waals surface area contributed by atoms with Gasteiger partial charge in [-0.15, -0.1) is 0 Å². The summed E-state index contributed by atoms with van der Waals surface area (Å²) in [6, 6.07) is 1.48. The number of carbonyl (C=O) groups is 1. The van der Waals surface area contributed by atoms with E-state index in [1.54, 1.807) is 0 Å². The lowest BCUT2D eigenvalue weighted by Crippen LogP contribution is -2.46. The predicted octanol–water partition coefficient (Wildman–Crippen LogP) is 1.94. The molecular formula is C18H16F5N5O2. The van der Waals surface area contributed by atoms with Gasteiger partial charge in [-0.25, -0.2) is 18.3 Å². The molecule has 160 valence electrons. The zero-order chi connectivity index (χ0) is 21.6. The van der Waals surface area contributed by atoms with Crippen LogP contribution < -0.4 is 11.0 Å². The lowest BCUT2D eigenvalue weighted by atomic mass is 10.1. The molecule has 1 N–H and O–H groups in total. The van der Waals surface area contributed by atoms with E-state index in [1.807, 2.05) is 0 Å². The molecule has 0 saturated carbocycles. The van der Waals surface area contributed by atoms with Crippen LogP contribution in [0.3, 0.4) is 0 Å². The molecule has 2 aromatic rings. The minimum atomic E-state index is -4.88. The van der Waals surface area contributed by atoms with E-state index in [0.29, 0.717) is 12.1 Å². The molecule has 0 aliphatic carbocycles. The average Bonchev–Trinajstić information content (AvgIpc) is 3.25. The zero-order valence-corrected chi connectivity index (χ0v) is 15.4. The number of rotatable bonds is 3. The molecule has 2 aliphatic rings. The second-order valence-electron chi connectivity index (χ2n) is 7.04. The number of nitrogens with zero attached hydrogens (tertiary/aromatic N) is 4. The first-order valence-corrected chi connectivity index (χ1v) is 9.06. The fourth-order valence-electron chi connectivity index (χ4n) is 3.56. The number of carbonyl (C=O) groups excluding carboxylic acids is 1. The van der Waals surface area contributed by atoms with Crippen molar-refractivity contribution in [1.29, 1.82) is 0 Å². The van der Waals surface area contributed by atoms with Crippen molar-refractivity contribution in [3.05, 3.63) is 63.5 Å². The Balaban J connectivity index is 1.65. The topological polar surface area (TPSA) is 72.2 Å². The number of hydrogen-bond acceptors (Lipinski definition) is 4. The van der Waals surface area contributed by atoms with E-state index in [0.717, 1.165) is 21.5 Å². The first-order chi connectivity index (χ1) is 14.1. The largest absolute Gasteiger partial charge is 0.419 e. The van der Waals surface area contributed by atoms with Gasteiger partial charge in [-0.1, -0.05) is 6.07 Å². The SMILES string of the molecule is O=C(C1CNCc2nn(Cc3ccc(F)c(C(F)(F)F)c3)c(=O)n21)N1C=C(F)CC1. The van der Waals surface area contributed by atoms with Gasteiger partial charge in [-0.3, -0.25) is 9.36 Å². The fourth-order valence-corrected chi connectivity index (χ4v) is 3.56. The molecule has 1 aromatic heterocycles. The van der Waals surface area contributed by atoms with E-state index in [1.165, 1.54) is 4.90 Å². The Hall–Kier alpha value is -3.02. The van der Waals surface area contributed by atoms with Gasteiger partial charge < -0.3 is 10.2 Å². The quantitative estimate of drug-likeness (QED) is 0.758. The highest BCUT2D eigenvalue weighted by Crippen LogP contribution is 2.32. The van der Waals surface area contributed by atoms with Gasteiger partial charge in [0.15, 0.2) is 0 Å². The smallest absolute Gasteiger partial charge is 0.314 e. The van der Waals surface area contributed by atoms with E-state index in [9.17, 15) is 31.5 Å². The number of fused-ring (bicyclic) bond motifs is 1. The molecule has 3 heterocycles. The number of aromatic nitrogens is 3. The number of benzene rings is 1. The summed E-state index contributed by atoms with van der Waals surface area (Å²) in [5.41, 5.74) is -2.09. The summed E-state index contributed by atoms with van der Waals surface area (Å²) < 4.78 is 67.7. The van der Waals surface area contributed by atoms with Gasteiger partial charge in [-0.2, -0.15) is 18.3 Å². The van der Waals surface area contributed by atoms with E-state index in [-0.39, 0.29) is 44.0 Å². The van der Waals surface area contributed by atoms with Gasteiger partial charge in [0.05, 0.1) is 18.7 Å². The maximum Gasteiger partial charge on any atom is 0.419 e. The van der Waals surface area contributed by atoms with Crippen LogP contribution in [-0.2, 0) is 24.1 Å². The van der Waals surface area contributed by atoms with Crippen LogP contribution >= 0.6 is 0 Å². The Morgan fingerprint density at radius 2 is 2.03 bits per heavy atom. The van der Waals surface area contributed by atoms with Gasteiger partial charge in [0, 0.05) is 25.7 Å². The summed E-state index contributed by atoms with van der Waals surface area (Å²) in [7, 11) is 0. The Morgan fingerprint density at radius 1 is 1.27 bits per heavy atom. The molecular weight excluding hydrogens is 413 g/mol. The Labute approximate surface area is 166 Å². The van der Waals surface area contributed by atoms with Crippen LogP contribution in [0.2, 0.25) is 0 Å². The highest BCUT2D eigenvalue weighted by molar-refractivity contribution is 5.82. The van der Waals surface area contributed by atoms with Crippen molar-refractivity contribution in [2.75, 3.05) is 13.1 Å². The summed E-state index contributed by atoms with van der Waals surface area (Å²) >= 11 is 0. The van der Waals surface area contributed by atoms with Crippen LogP contribution in [0.5, 0.6) is 0 Å². The molecule has 0 spiro atoms. The monoisotopic (exact) mass is 429 g/mol. The van der Waals surface area contributed by atoms with Crippen molar-refractivity contribution in [3.8, 4) is 0 Å². The van der Waals surface area contributed by atoms with Crippen molar-refractivity contribution < 1.29 is 26.7 Å². The molecule has 0 fully saturated rings. The minimum Gasteiger partial charge on any atom is -0.314 e. The summed E-state index contributed by atoms with van der Waals surface area (Å²) in [6.45, 7) is 0.127. The molecule has 12 heteroatoms. The number of alkyl halides is 3. The number of hydrogen-bond donors (Lipinski definition) is 1. The average molecular weight is 429 g/mol. The second-order valence-corrected chi connectivity index (χ2v) is 7.04. The molecule has 30 heavy (non-hydrogen) atoms. The predicted molar refractivity (Wildman–Crippen MR) is 93.3 cm³/mol. The van der Waals surface area contributed by atoms with Crippen molar-refractivity contribution in [3.63, 3.8) is 0 Å². The highest BCUT2D eigenvalue weighted by Gasteiger charge is 2.35. The summed E-state index contributed by atoms with van der Waals surface area (Å²) in [5.74, 6) is -2.11. The fraction of sp³-hybridized carbons (Fsp3) is 0.389. The highest BCUT2D eigenvalue weighted by atomic mass is 19.4. The first kappa shape index (κ1) is 20.3. The van der Waals surface area contributed by atoms with E-state index < -0.39 is 41.0 Å². The van der Waals surface area contributed by atoms with Gasteiger partial charge >= 0.3 is 11.9 Å². The van der Waals surface area contributed by atoms with Gasteiger partial charge in [0.25, 0.3) is 5.91 Å². The number of amides is 1. The molecule has 1 aromatic carbocycles. The Bertz CT molecular complexity index is 1090. The summed E-state index contributed by atoms with van der Waals surface area (Å²) in [5, 5.41) is 7.06. The molecule has 0 saturated heterocycles. The lowest BCUT2D eigenvalue weighted by Gasteiger charge is -2.26. The van der Waals surface area contributed by atoms with Crippen molar-refractivity contribution in [2.24, 2.45) is 0 Å². The van der Waals surface area contributed by atoms with Crippen molar-refractivity contribution in [1.82, 2.24) is 24.6 Å². The summed E-state index contributed by atoms with van der Waals surface area (Å²) in [6.07, 6.45) is -3.69. The molecule has 4 rings (SSSR count). The molecule has 0 bridgehead atoms. The molecule has 1 atom stereocenters. The molecule has 1 amide bonds. The van der Waals surface area contributed by atoms with Gasteiger partial charge in [0.1, 0.15) is 23.5 Å². The van der Waals surface area contributed by atoms with Crippen LogP contribution in [0.4, 0.5) is 22.0 Å². The third-order valence-electron chi connectivity index (χ3n) is 5.00. The van der Waals surface area contributed by atoms with Gasteiger partial charge in [0.2, 0.25) is 0 Å². The second kappa shape index (κ2) is 7.35. The van der Waals surface area contributed by atoms with E-state index >= 15 is 0 Å². The van der Waals surface area contributed by atoms with E-state index in [2.05, 4.69) is 10.4 Å². The maximum absolute atomic E-state index is 13.5. The number of halogens is 5. The maximum atomic E-state index is 13.5. The van der Waals surface area contributed by atoms with Crippen molar-refractivity contribution in [2.45, 2.75) is 31.7 Å². The molecule has 0 radical (unpaired) electrons. The zero-order valence-electron chi connectivity index (χ0n) is 15.4. The van der Waals surface area contributed by atoms with Crippen LogP contribution in [0, 0.1) is 5.82 Å². The Kier molecular flexibility index (Phi) is 4.96. The van der Waals surface area contributed by atoms with Crippen LogP contribution in [0.25, 0.3) is 0 Å². The third-order valence-corrected chi connectivity index (χ3v) is 5.00. The molecule has 1 unspecified atom stereocenters. The third kappa shape index (κ3) is 3.62. The molecule has 7 nitrogen and oxygen atoms in total. The first-order valence-electron chi connectivity index (χ1n) is 9.06. The van der Waals surface area contributed by atoms with Crippen LogP contribution in [0.15, 0.2) is 35.0 Å². The van der Waals surface area contributed by atoms with Crippen molar-refractivity contribution >= 4 is 5.91 Å². The van der Waals surface area contributed by atoms with E-state index in [4.69, 9.17) is 0 Å². The lowest BCUT2D eigenvalue weighted by molar-refractivity contribution is -0.140. The normalized spacial score (nSPS) is 19.0. The van der Waals surface area contributed by atoms with Crippen LogP contribution in [0.1, 0.15) is 29.4 Å². The Morgan fingerprint density at radius 3 is 2.70 bits per heavy atom.